The maximum Gasteiger partial charge on any atom is 0.154 e. The number of furan rings is 2. The molecule has 0 bridgehead atoms. The Labute approximate surface area is 286 Å². The molecular weight excluding hydrogens is 626 g/mol. The van der Waals surface area contributed by atoms with Crippen LogP contribution in [0.25, 0.3) is 65.8 Å². The van der Waals surface area contributed by atoms with Crippen molar-refractivity contribution in [2.75, 3.05) is 0 Å². The highest BCUT2D eigenvalue weighted by Gasteiger charge is 2.29. The molecule has 3 heterocycles. The minimum absolute atomic E-state index is 0.253. The highest BCUT2D eigenvalue weighted by atomic mass is 35.5. The average molecular weight is 654 g/mol. The van der Waals surface area contributed by atoms with E-state index in [1.807, 2.05) is 48.5 Å². The number of halogens is 1. The van der Waals surface area contributed by atoms with Crippen molar-refractivity contribution in [1.82, 2.24) is 10.6 Å². The third-order valence-corrected chi connectivity index (χ3v) is 9.97. The molecule has 9 aromatic rings. The summed E-state index contributed by atoms with van der Waals surface area (Å²) in [7, 11) is 0. The number of fused-ring (bicyclic) bond motifs is 7. The Morgan fingerprint density at radius 1 is 0.510 bits per heavy atom. The number of benzene rings is 7. The monoisotopic (exact) mass is 653 g/mol. The van der Waals surface area contributed by atoms with Crippen LogP contribution >= 0.6 is 11.6 Å². The van der Waals surface area contributed by atoms with Gasteiger partial charge in [0.25, 0.3) is 0 Å². The van der Waals surface area contributed by atoms with Crippen LogP contribution in [0.3, 0.4) is 0 Å². The lowest BCUT2D eigenvalue weighted by atomic mass is 9.91. The van der Waals surface area contributed by atoms with Gasteiger partial charge >= 0.3 is 0 Å². The summed E-state index contributed by atoms with van der Waals surface area (Å²) in [6.45, 7) is 0. The lowest BCUT2D eigenvalue weighted by Crippen LogP contribution is -2.45. The van der Waals surface area contributed by atoms with E-state index in [0.29, 0.717) is 10.6 Å². The molecule has 2 N–H and O–H groups in total. The van der Waals surface area contributed by atoms with Crippen LogP contribution < -0.4 is 10.6 Å². The quantitative estimate of drug-likeness (QED) is 0.198. The Morgan fingerprint density at radius 3 is 2.00 bits per heavy atom. The molecule has 2 atom stereocenters. The maximum atomic E-state index is 6.69. The van der Waals surface area contributed by atoms with Gasteiger partial charge in [0, 0.05) is 21.5 Å². The van der Waals surface area contributed by atoms with E-state index in [1.165, 1.54) is 0 Å². The molecule has 10 rings (SSSR count). The van der Waals surface area contributed by atoms with Crippen LogP contribution in [0, 0.1) is 0 Å². The summed E-state index contributed by atoms with van der Waals surface area (Å²) >= 11 is 6.69. The molecule has 49 heavy (non-hydrogen) atoms. The zero-order valence-electron chi connectivity index (χ0n) is 26.2. The number of hydrogen-bond acceptors (Lipinski definition) is 5. The molecule has 2 unspecified atom stereocenters. The maximum absolute atomic E-state index is 6.69. The Balaban J connectivity index is 1.15. The summed E-state index contributed by atoms with van der Waals surface area (Å²) in [4.78, 5) is 5.24. The fourth-order valence-corrected chi connectivity index (χ4v) is 7.62. The second-order valence-corrected chi connectivity index (χ2v) is 12.9. The van der Waals surface area contributed by atoms with Crippen molar-refractivity contribution in [1.29, 1.82) is 0 Å². The Hall–Kier alpha value is -5.88. The Morgan fingerprint density at radius 2 is 1.16 bits per heavy atom. The fraction of sp³-hybridized carbons (Fsp3) is 0.0465. The predicted molar refractivity (Wildman–Crippen MR) is 200 cm³/mol. The lowest BCUT2D eigenvalue weighted by molar-refractivity contribution is 0.411. The van der Waals surface area contributed by atoms with Gasteiger partial charge in [0.1, 0.15) is 34.9 Å². The molecule has 5 nitrogen and oxygen atoms in total. The first-order chi connectivity index (χ1) is 24.2. The first kappa shape index (κ1) is 28.2. The number of rotatable bonds is 4. The summed E-state index contributed by atoms with van der Waals surface area (Å²) in [5, 5.41) is 14.7. The van der Waals surface area contributed by atoms with Crippen LogP contribution in [-0.4, -0.2) is 5.84 Å². The van der Waals surface area contributed by atoms with Crippen molar-refractivity contribution in [2.24, 2.45) is 4.99 Å². The number of amidine groups is 1. The molecule has 0 radical (unpaired) electrons. The Kier molecular flexibility index (Phi) is 6.38. The first-order valence-electron chi connectivity index (χ1n) is 16.4. The van der Waals surface area contributed by atoms with Gasteiger partial charge in [-0.05, 0) is 57.3 Å². The Bertz CT molecular complexity index is 2760. The van der Waals surface area contributed by atoms with Crippen molar-refractivity contribution in [2.45, 2.75) is 12.3 Å². The van der Waals surface area contributed by atoms with E-state index in [2.05, 4.69) is 108 Å². The zero-order valence-corrected chi connectivity index (χ0v) is 26.9. The van der Waals surface area contributed by atoms with Gasteiger partial charge < -0.3 is 14.2 Å². The minimum Gasteiger partial charge on any atom is -0.455 e. The molecule has 2 aromatic heterocycles. The third-order valence-electron chi connectivity index (χ3n) is 9.68. The standard InChI is InChI=1S/C43H28ClN3O2/c44-35-24-23-30(38-33-16-7-9-20-37(33)49-40(35)38)28-21-22-32(27-14-5-4-13-26(27)28)42-45-41(25-11-2-1-3-12-25)46-43(47-42)34-18-10-17-31-29-15-6-8-19-36(29)48-39(31)34/h1-24,41-42,45H,(H,46,47). The molecule has 0 aliphatic carbocycles. The molecule has 7 aromatic carbocycles. The summed E-state index contributed by atoms with van der Waals surface area (Å²) in [5.41, 5.74) is 8.53. The van der Waals surface area contributed by atoms with Gasteiger partial charge in [-0.1, -0.05) is 133 Å². The van der Waals surface area contributed by atoms with Crippen molar-refractivity contribution in [3.05, 3.63) is 167 Å². The van der Waals surface area contributed by atoms with Crippen LogP contribution in [0.2, 0.25) is 5.02 Å². The molecule has 1 aliphatic heterocycles. The van der Waals surface area contributed by atoms with Crippen molar-refractivity contribution in [3.63, 3.8) is 0 Å². The summed E-state index contributed by atoms with van der Waals surface area (Å²) in [5.74, 6) is 0.777. The van der Waals surface area contributed by atoms with Gasteiger partial charge in [0.05, 0.1) is 10.6 Å². The van der Waals surface area contributed by atoms with Crippen LogP contribution in [0.15, 0.2) is 159 Å². The molecule has 0 amide bonds. The minimum atomic E-state index is -0.284. The molecule has 0 spiro atoms. The summed E-state index contributed by atoms with van der Waals surface area (Å²) < 4.78 is 12.7. The van der Waals surface area contributed by atoms with Crippen molar-refractivity contribution >= 4 is 72.1 Å². The van der Waals surface area contributed by atoms with Gasteiger partial charge in [-0.15, -0.1) is 0 Å². The second kappa shape index (κ2) is 11.1. The molecule has 0 saturated carbocycles. The second-order valence-electron chi connectivity index (χ2n) is 12.5. The number of nitrogens with one attached hydrogen (secondary N) is 2. The van der Waals surface area contributed by atoms with Crippen LogP contribution in [0.5, 0.6) is 0 Å². The summed E-state index contributed by atoms with van der Waals surface area (Å²) in [6, 6.07) is 50.0. The molecule has 6 heteroatoms. The van der Waals surface area contributed by atoms with Gasteiger partial charge in [0.15, 0.2) is 5.58 Å². The van der Waals surface area contributed by atoms with E-state index in [0.717, 1.165) is 82.7 Å². The van der Waals surface area contributed by atoms with Crippen LogP contribution in [0.1, 0.15) is 29.0 Å². The molecule has 0 fully saturated rings. The van der Waals surface area contributed by atoms with E-state index < -0.39 is 0 Å². The number of hydrogen-bond donors (Lipinski definition) is 2. The first-order valence-corrected chi connectivity index (χ1v) is 16.8. The van der Waals surface area contributed by atoms with Gasteiger partial charge in [-0.25, -0.2) is 4.99 Å². The molecule has 0 saturated heterocycles. The average Bonchev–Trinajstić information content (AvgIpc) is 3.75. The van der Waals surface area contributed by atoms with Crippen molar-refractivity contribution < 1.29 is 8.83 Å². The van der Waals surface area contributed by atoms with E-state index in [1.54, 1.807) is 0 Å². The van der Waals surface area contributed by atoms with Crippen molar-refractivity contribution in [3.8, 4) is 11.1 Å². The van der Waals surface area contributed by atoms with Gasteiger partial charge in [-0.2, -0.15) is 0 Å². The van der Waals surface area contributed by atoms with E-state index in [-0.39, 0.29) is 12.3 Å². The predicted octanol–water partition coefficient (Wildman–Crippen LogP) is 11.3. The van der Waals surface area contributed by atoms with E-state index in [4.69, 9.17) is 25.4 Å². The van der Waals surface area contributed by atoms with E-state index in [9.17, 15) is 0 Å². The smallest absolute Gasteiger partial charge is 0.154 e. The fourth-order valence-electron chi connectivity index (χ4n) is 7.42. The van der Waals surface area contributed by atoms with Crippen LogP contribution in [-0.2, 0) is 0 Å². The third kappa shape index (κ3) is 4.47. The highest BCUT2D eigenvalue weighted by Crippen LogP contribution is 2.43. The van der Waals surface area contributed by atoms with E-state index >= 15 is 0 Å². The normalized spacial score (nSPS) is 16.5. The topological polar surface area (TPSA) is 62.7 Å². The SMILES string of the molecule is Clc1ccc(-c2ccc(C3NC(c4cccc5c4oc4ccccc45)=NC(c4ccccc4)N3)c3ccccc23)c2c1oc1ccccc12. The van der Waals surface area contributed by atoms with Gasteiger partial charge in [0.2, 0.25) is 0 Å². The number of para-hydroxylation sites is 3. The number of aliphatic imine (C=N–C) groups is 1. The number of nitrogens with zero attached hydrogens (tertiary/aromatic N) is 1. The van der Waals surface area contributed by atoms with Gasteiger partial charge in [-0.3, -0.25) is 5.32 Å². The van der Waals surface area contributed by atoms with Crippen LogP contribution in [0.4, 0.5) is 0 Å². The largest absolute Gasteiger partial charge is 0.455 e. The highest BCUT2D eigenvalue weighted by molar-refractivity contribution is 6.37. The summed E-state index contributed by atoms with van der Waals surface area (Å²) in [6.07, 6.45) is -0.537. The molecule has 234 valence electrons. The molecule has 1 aliphatic rings. The molecular formula is C43H28ClN3O2. The zero-order chi connectivity index (χ0) is 32.5. The lowest BCUT2D eigenvalue weighted by Gasteiger charge is -2.33.